The smallest absolute Gasteiger partial charge is 0.319 e. The molecule has 24 heavy (non-hydrogen) atoms. The molecule has 0 bridgehead atoms. The highest BCUT2D eigenvalue weighted by Gasteiger charge is 2.28. The molecule has 1 aromatic heterocycles. The maximum absolute atomic E-state index is 12.3. The van der Waals surface area contributed by atoms with E-state index in [1.807, 2.05) is 12.1 Å². The van der Waals surface area contributed by atoms with E-state index in [1.165, 1.54) is 0 Å². The Kier molecular flexibility index (Phi) is 6.66. The Bertz CT molecular complexity index is 522. The molecule has 3 amide bonds. The third-order valence-electron chi connectivity index (χ3n) is 4.41. The largest absolute Gasteiger partial charge is 0.469 e. The second-order valence-electron chi connectivity index (χ2n) is 6.52. The van der Waals surface area contributed by atoms with Gasteiger partial charge < -0.3 is 24.6 Å². The van der Waals surface area contributed by atoms with E-state index in [-0.39, 0.29) is 30.4 Å². The predicted molar refractivity (Wildman–Crippen MR) is 89.4 cm³/mol. The number of aliphatic hydroxyl groups is 1. The number of likely N-dealkylation sites (tertiary alicyclic amines) is 1. The molecule has 1 atom stereocenters. The number of aliphatic hydroxyl groups excluding tert-OH is 1. The van der Waals surface area contributed by atoms with E-state index in [0.29, 0.717) is 38.9 Å². The summed E-state index contributed by atoms with van der Waals surface area (Å²) in [6.45, 7) is 1.62. The van der Waals surface area contributed by atoms with Crippen LogP contribution >= 0.6 is 0 Å². The Morgan fingerprint density at radius 2 is 2.12 bits per heavy atom. The van der Waals surface area contributed by atoms with E-state index in [9.17, 15) is 14.7 Å². The van der Waals surface area contributed by atoms with Gasteiger partial charge in [-0.3, -0.25) is 4.79 Å². The molecule has 1 saturated heterocycles. The van der Waals surface area contributed by atoms with Crippen molar-refractivity contribution in [3.05, 3.63) is 24.2 Å². The summed E-state index contributed by atoms with van der Waals surface area (Å²) in [5.74, 6) is 0.679. The zero-order chi connectivity index (χ0) is 17.5. The summed E-state index contributed by atoms with van der Waals surface area (Å²) in [6.07, 6.45) is 3.55. The van der Waals surface area contributed by atoms with E-state index in [1.54, 1.807) is 30.2 Å². The van der Waals surface area contributed by atoms with Crippen molar-refractivity contribution < 1.29 is 19.1 Å². The molecule has 134 valence electrons. The van der Waals surface area contributed by atoms with Gasteiger partial charge >= 0.3 is 6.03 Å². The van der Waals surface area contributed by atoms with Gasteiger partial charge in [-0.1, -0.05) is 0 Å². The molecule has 2 heterocycles. The van der Waals surface area contributed by atoms with Crippen LogP contribution in [0.2, 0.25) is 0 Å². The first kappa shape index (κ1) is 18.3. The van der Waals surface area contributed by atoms with Crippen molar-refractivity contribution in [2.75, 3.05) is 40.3 Å². The zero-order valence-corrected chi connectivity index (χ0v) is 14.4. The summed E-state index contributed by atoms with van der Waals surface area (Å²) in [5, 5.41) is 12.4. The van der Waals surface area contributed by atoms with Crippen LogP contribution in [0.25, 0.3) is 0 Å². The fourth-order valence-corrected chi connectivity index (χ4v) is 2.92. The molecular formula is C17H27N3O4. The summed E-state index contributed by atoms with van der Waals surface area (Å²) < 4.78 is 5.28. The summed E-state index contributed by atoms with van der Waals surface area (Å²) in [7, 11) is 3.46. The third-order valence-corrected chi connectivity index (χ3v) is 4.41. The van der Waals surface area contributed by atoms with Crippen molar-refractivity contribution >= 4 is 11.9 Å². The lowest BCUT2D eigenvalue weighted by Crippen LogP contribution is -2.47. The maximum atomic E-state index is 12.3. The van der Waals surface area contributed by atoms with E-state index in [4.69, 9.17) is 4.42 Å². The standard InChI is InChI=1S/C17H27N3O4/c1-19(2)17(23)20-7-5-14(6-8-20)16(22)18-11-13(12-21)10-15-4-3-9-24-15/h3-4,9,13-14,21H,5-8,10-12H2,1-2H3,(H,18,22)/t13-/m1/s1. The van der Waals surface area contributed by atoms with E-state index < -0.39 is 0 Å². The SMILES string of the molecule is CN(C)C(=O)N1CCC(C(=O)NC[C@H](CO)Cc2ccco2)CC1. The van der Waals surface area contributed by atoms with Crippen molar-refractivity contribution in [1.29, 1.82) is 0 Å². The maximum Gasteiger partial charge on any atom is 0.319 e. The first-order valence-electron chi connectivity index (χ1n) is 8.38. The Hall–Kier alpha value is -2.02. The molecular weight excluding hydrogens is 310 g/mol. The summed E-state index contributed by atoms with van der Waals surface area (Å²) in [6, 6.07) is 3.67. The molecule has 0 spiro atoms. The molecule has 0 unspecified atom stereocenters. The number of carbonyl (C=O) groups is 2. The molecule has 2 rings (SSSR count). The quantitative estimate of drug-likeness (QED) is 0.809. The summed E-state index contributed by atoms with van der Waals surface area (Å²) in [5.41, 5.74) is 0. The number of amides is 3. The van der Waals surface area contributed by atoms with Crippen molar-refractivity contribution in [3.63, 3.8) is 0 Å². The van der Waals surface area contributed by atoms with Crippen molar-refractivity contribution in [2.45, 2.75) is 19.3 Å². The van der Waals surface area contributed by atoms with Crippen LogP contribution in [-0.4, -0.2) is 67.2 Å². The van der Waals surface area contributed by atoms with Crippen molar-refractivity contribution in [1.82, 2.24) is 15.1 Å². The minimum Gasteiger partial charge on any atom is -0.469 e. The van der Waals surface area contributed by atoms with Crippen molar-refractivity contribution in [2.24, 2.45) is 11.8 Å². The minimum atomic E-state index is -0.0702. The lowest BCUT2D eigenvalue weighted by atomic mass is 9.95. The van der Waals surface area contributed by atoms with Gasteiger partial charge in [0.05, 0.1) is 6.26 Å². The highest BCUT2D eigenvalue weighted by molar-refractivity contribution is 5.79. The van der Waals surface area contributed by atoms with Crippen molar-refractivity contribution in [3.8, 4) is 0 Å². The van der Waals surface area contributed by atoms with Crippen LogP contribution in [0, 0.1) is 11.8 Å². The van der Waals surface area contributed by atoms with Crippen LogP contribution in [0.5, 0.6) is 0 Å². The van der Waals surface area contributed by atoms with Gasteiger partial charge in [0.1, 0.15) is 5.76 Å². The monoisotopic (exact) mass is 337 g/mol. The number of urea groups is 1. The van der Waals surface area contributed by atoms with Crippen LogP contribution in [0.15, 0.2) is 22.8 Å². The topological polar surface area (TPSA) is 86.0 Å². The second-order valence-corrected chi connectivity index (χ2v) is 6.52. The summed E-state index contributed by atoms with van der Waals surface area (Å²) >= 11 is 0. The Labute approximate surface area is 142 Å². The highest BCUT2D eigenvalue weighted by atomic mass is 16.3. The first-order chi connectivity index (χ1) is 11.5. The number of hydrogen-bond donors (Lipinski definition) is 2. The van der Waals surface area contributed by atoms with Gasteiger partial charge in [-0.25, -0.2) is 4.79 Å². The number of hydrogen-bond acceptors (Lipinski definition) is 4. The summed E-state index contributed by atoms with van der Waals surface area (Å²) in [4.78, 5) is 27.5. The van der Waals surface area contributed by atoms with Gasteiger partial charge in [0.2, 0.25) is 5.91 Å². The molecule has 0 saturated carbocycles. The van der Waals surface area contributed by atoms with E-state index in [2.05, 4.69) is 5.32 Å². The van der Waals surface area contributed by atoms with Crippen LogP contribution in [0.1, 0.15) is 18.6 Å². The second kappa shape index (κ2) is 8.73. The minimum absolute atomic E-state index is 0.00321. The molecule has 7 nitrogen and oxygen atoms in total. The Morgan fingerprint density at radius 1 is 1.42 bits per heavy atom. The number of furan rings is 1. The average molecular weight is 337 g/mol. The molecule has 2 N–H and O–H groups in total. The molecule has 1 aromatic rings. The number of rotatable bonds is 6. The molecule has 0 aliphatic carbocycles. The fraction of sp³-hybridized carbons (Fsp3) is 0.647. The van der Waals surface area contributed by atoms with Gasteiger partial charge in [0, 0.05) is 58.6 Å². The van der Waals surface area contributed by atoms with Gasteiger partial charge in [-0.15, -0.1) is 0 Å². The van der Waals surface area contributed by atoms with Gasteiger partial charge in [-0.05, 0) is 25.0 Å². The van der Waals surface area contributed by atoms with Crippen LogP contribution in [0.4, 0.5) is 4.79 Å². The normalized spacial score (nSPS) is 16.7. The van der Waals surface area contributed by atoms with Gasteiger partial charge in [0.25, 0.3) is 0 Å². The van der Waals surface area contributed by atoms with E-state index >= 15 is 0 Å². The van der Waals surface area contributed by atoms with Crippen LogP contribution in [-0.2, 0) is 11.2 Å². The average Bonchev–Trinajstić information content (AvgIpc) is 3.10. The molecule has 0 aromatic carbocycles. The third kappa shape index (κ3) is 4.99. The lowest BCUT2D eigenvalue weighted by Gasteiger charge is -2.33. The number of piperidine rings is 1. The first-order valence-corrected chi connectivity index (χ1v) is 8.38. The highest BCUT2D eigenvalue weighted by Crippen LogP contribution is 2.18. The van der Waals surface area contributed by atoms with Crippen LogP contribution < -0.4 is 5.32 Å². The lowest BCUT2D eigenvalue weighted by molar-refractivity contribution is -0.126. The molecule has 1 aliphatic heterocycles. The number of nitrogens with zero attached hydrogens (tertiary/aromatic N) is 2. The van der Waals surface area contributed by atoms with Gasteiger partial charge in [-0.2, -0.15) is 0 Å². The van der Waals surface area contributed by atoms with E-state index in [0.717, 1.165) is 5.76 Å². The number of nitrogens with one attached hydrogen (secondary N) is 1. The molecule has 1 fully saturated rings. The predicted octanol–water partition coefficient (Wildman–Crippen LogP) is 0.940. The Balaban J connectivity index is 1.74. The van der Waals surface area contributed by atoms with Gasteiger partial charge in [0.15, 0.2) is 0 Å². The molecule has 1 aliphatic rings. The zero-order valence-electron chi connectivity index (χ0n) is 14.4. The fourth-order valence-electron chi connectivity index (χ4n) is 2.92. The Morgan fingerprint density at radius 3 is 2.67 bits per heavy atom. The van der Waals surface area contributed by atoms with Crippen LogP contribution in [0.3, 0.4) is 0 Å². The molecule has 7 heteroatoms. The molecule has 0 radical (unpaired) electrons. The number of carbonyl (C=O) groups excluding carboxylic acids is 2.